The van der Waals surface area contributed by atoms with Crippen molar-refractivity contribution in [3.05, 3.63) is 23.8 Å². The number of aliphatic hydroxyl groups excluding tert-OH is 1. The number of carbonyl (C=O) groups excluding carboxylic acids is 1. The largest absolute Gasteiger partial charge is 0.396 e. The molecule has 0 aromatic rings. The Morgan fingerprint density at radius 2 is 2.17 bits per heavy atom. The molecule has 2 rings (SSSR count). The van der Waals surface area contributed by atoms with Crippen LogP contribution in [-0.2, 0) is 4.79 Å². The normalized spacial score (nSPS) is 31.4. The van der Waals surface area contributed by atoms with Gasteiger partial charge in [0.2, 0.25) is 5.91 Å². The fourth-order valence-electron chi connectivity index (χ4n) is 2.70. The number of allylic oxidation sites excluding steroid dienone is 1. The lowest BCUT2D eigenvalue weighted by atomic mass is 9.87. The molecular formula is C15H23NO2. The van der Waals surface area contributed by atoms with Crippen molar-refractivity contribution in [3.8, 4) is 0 Å². The fourth-order valence-corrected chi connectivity index (χ4v) is 2.70. The first kappa shape index (κ1) is 13.3. The van der Waals surface area contributed by atoms with Crippen LogP contribution in [0, 0.1) is 11.8 Å². The van der Waals surface area contributed by atoms with E-state index in [1.165, 1.54) is 18.4 Å². The zero-order chi connectivity index (χ0) is 13.0. The molecule has 100 valence electrons. The number of nitrogens with one attached hydrogen (secondary N) is 1. The number of carbonyl (C=O) groups is 1. The van der Waals surface area contributed by atoms with Gasteiger partial charge in [0.05, 0.1) is 0 Å². The molecule has 0 radical (unpaired) electrons. The maximum absolute atomic E-state index is 11.9. The summed E-state index contributed by atoms with van der Waals surface area (Å²) in [6, 6.07) is 0.0917. The highest BCUT2D eigenvalue weighted by Crippen LogP contribution is 2.27. The molecule has 2 aliphatic carbocycles. The van der Waals surface area contributed by atoms with Crippen LogP contribution < -0.4 is 5.32 Å². The first-order chi connectivity index (χ1) is 8.67. The Balaban J connectivity index is 1.79. The molecule has 0 heterocycles. The highest BCUT2D eigenvalue weighted by atomic mass is 16.3. The standard InChI is InChI=1S/C15H23NO2/c1-11-2-4-12(5-3-11)9-15(18)16-14-7-6-13(8-14)10-17/h6-7,9,11,13-14,17H,2-5,8,10H2,1H3,(H,16,18)/t11?,13-,14+/m0/s1. The minimum absolute atomic E-state index is 0.0211. The van der Waals surface area contributed by atoms with Crippen LogP contribution in [0.5, 0.6) is 0 Å². The Morgan fingerprint density at radius 1 is 1.44 bits per heavy atom. The Labute approximate surface area is 109 Å². The molecule has 3 nitrogen and oxygen atoms in total. The summed E-state index contributed by atoms with van der Waals surface area (Å²) in [6.45, 7) is 2.44. The van der Waals surface area contributed by atoms with Crippen molar-refractivity contribution >= 4 is 5.91 Å². The maximum Gasteiger partial charge on any atom is 0.244 e. The van der Waals surface area contributed by atoms with E-state index in [1.807, 2.05) is 12.2 Å². The van der Waals surface area contributed by atoms with Crippen molar-refractivity contribution in [2.75, 3.05) is 6.61 Å². The first-order valence-electron chi connectivity index (χ1n) is 6.96. The van der Waals surface area contributed by atoms with E-state index in [4.69, 9.17) is 5.11 Å². The molecule has 2 N–H and O–H groups in total. The van der Waals surface area contributed by atoms with Crippen LogP contribution in [0.25, 0.3) is 0 Å². The molecule has 18 heavy (non-hydrogen) atoms. The number of aliphatic hydroxyl groups is 1. The van der Waals surface area contributed by atoms with Gasteiger partial charge in [-0.05, 0) is 38.0 Å². The minimum atomic E-state index is 0.0211. The summed E-state index contributed by atoms with van der Waals surface area (Å²) in [4.78, 5) is 11.9. The van der Waals surface area contributed by atoms with Crippen molar-refractivity contribution in [2.24, 2.45) is 11.8 Å². The summed E-state index contributed by atoms with van der Waals surface area (Å²) in [5.74, 6) is 1.03. The lowest BCUT2D eigenvalue weighted by Gasteiger charge is -2.20. The average molecular weight is 249 g/mol. The van der Waals surface area contributed by atoms with E-state index < -0.39 is 0 Å². The van der Waals surface area contributed by atoms with Crippen molar-refractivity contribution in [3.63, 3.8) is 0 Å². The van der Waals surface area contributed by atoms with Gasteiger partial charge in [-0.15, -0.1) is 0 Å². The molecule has 0 aromatic carbocycles. The van der Waals surface area contributed by atoms with E-state index in [9.17, 15) is 4.79 Å². The third-order valence-corrected chi connectivity index (χ3v) is 3.99. The van der Waals surface area contributed by atoms with E-state index in [0.717, 1.165) is 25.2 Å². The van der Waals surface area contributed by atoms with Crippen LogP contribution in [0.2, 0.25) is 0 Å². The summed E-state index contributed by atoms with van der Waals surface area (Å²) >= 11 is 0. The Bertz CT molecular complexity index is 350. The number of rotatable bonds is 3. The van der Waals surface area contributed by atoms with Gasteiger partial charge in [-0.25, -0.2) is 0 Å². The summed E-state index contributed by atoms with van der Waals surface area (Å²) in [7, 11) is 0. The van der Waals surface area contributed by atoms with Gasteiger partial charge in [-0.1, -0.05) is 24.6 Å². The third kappa shape index (κ3) is 3.70. The van der Waals surface area contributed by atoms with Gasteiger partial charge in [-0.2, -0.15) is 0 Å². The fraction of sp³-hybridized carbons (Fsp3) is 0.667. The van der Waals surface area contributed by atoms with E-state index in [0.29, 0.717) is 0 Å². The SMILES string of the molecule is CC1CCC(=CC(=O)N[C@@H]2C=C[C@H](CO)C2)CC1. The van der Waals surface area contributed by atoms with Crippen LogP contribution in [-0.4, -0.2) is 23.7 Å². The van der Waals surface area contributed by atoms with Crippen LogP contribution >= 0.6 is 0 Å². The topological polar surface area (TPSA) is 49.3 Å². The Hall–Kier alpha value is -1.09. The molecule has 1 amide bonds. The second-order valence-corrected chi connectivity index (χ2v) is 5.66. The smallest absolute Gasteiger partial charge is 0.244 e. The van der Waals surface area contributed by atoms with Crippen LogP contribution in [0.1, 0.15) is 39.0 Å². The summed E-state index contributed by atoms with van der Waals surface area (Å²) < 4.78 is 0. The van der Waals surface area contributed by atoms with Crippen molar-refractivity contribution in [1.82, 2.24) is 5.32 Å². The van der Waals surface area contributed by atoms with Gasteiger partial charge in [0.25, 0.3) is 0 Å². The average Bonchev–Trinajstić information content (AvgIpc) is 2.79. The number of amides is 1. The van der Waals surface area contributed by atoms with Crippen molar-refractivity contribution in [2.45, 2.75) is 45.1 Å². The monoisotopic (exact) mass is 249 g/mol. The molecule has 0 unspecified atom stereocenters. The van der Waals surface area contributed by atoms with Gasteiger partial charge in [0, 0.05) is 24.6 Å². The third-order valence-electron chi connectivity index (χ3n) is 3.99. The molecule has 0 aromatic heterocycles. The lowest BCUT2D eigenvalue weighted by Crippen LogP contribution is -2.31. The zero-order valence-electron chi connectivity index (χ0n) is 11.1. The maximum atomic E-state index is 11.9. The predicted molar refractivity (Wildman–Crippen MR) is 72.0 cm³/mol. The van der Waals surface area contributed by atoms with E-state index >= 15 is 0 Å². The summed E-state index contributed by atoms with van der Waals surface area (Å²) in [6.07, 6.45) is 11.1. The highest BCUT2D eigenvalue weighted by Gasteiger charge is 2.19. The second-order valence-electron chi connectivity index (χ2n) is 5.66. The zero-order valence-corrected chi connectivity index (χ0v) is 11.1. The van der Waals surface area contributed by atoms with E-state index in [2.05, 4.69) is 12.2 Å². The van der Waals surface area contributed by atoms with Crippen LogP contribution in [0.15, 0.2) is 23.8 Å². The molecule has 0 aliphatic heterocycles. The molecular weight excluding hydrogens is 226 g/mol. The van der Waals surface area contributed by atoms with E-state index in [1.54, 1.807) is 6.08 Å². The molecule has 0 saturated heterocycles. The summed E-state index contributed by atoms with van der Waals surface area (Å²) in [5.41, 5.74) is 1.28. The van der Waals surface area contributed by atoms with Gasteiger partial charge in [0.1, 0.15) is 0 Å². The number of hydrogen-bond acceptors (Lipinski definition) is 2. The van der Waals surface area contributed by atoms with Crippen molar-refractivity contribution < 1.29 is 9.90 Å². The lowest BCUT2D eigenvalue weighted by molar-refractivity contribution is -0.117. The van der Waals surface area contributed by atoms with Crippen LogP contribution in [0.4, 0.5) is 0 Å². The molecule has 2 atom stereocenters. The van der Waals surface area contributed by atoms with Crippen molar-refractivity contribution in [1.29, 1.82) is 0 Å². The minimum Gasteiger partial charge on any atom is -0.396 e. The quantitative estimate of drug-likeness (QED) is 0.595. The van der Waals surface area contributed by atoms with Gasteiger partial charge >= 0.3 is 0 Å². The van der Waals surface area contributed by atoms with Gasteiger partial charge < -0.3 is 10.4 Å². The molecule has 2 aliphatic rings. The Morgan fingerprint density at radius 3 is 2.78 bits per heavy atom. The summed E-state index contributed by atoms with van der Waals surface area (Å²) in [5, 5.41) is 12.0. The van der Waals surface area contributed by atoms with Gasteiger partial charge in [-0.3, -0.25) is 4.79 Å². The number of hydrogen-bond donors (Lipinski definition) is 2. The Kier molecular flexibility index (Phi) is 4.59. The molecule has 1 saturated carbocycles. The predicted octanol–water partition coefficient (Wildman–Crippen LogP) is 2.18. The second kappa shape index (κ2) is 6.19. The van der Waals surface area contributed by atoms with E-state index in [-0.39, 0.29) is 24.5 Å². The highest BCUT2D eigenvalue weighted by molar-refractivity contribution is 5.88. The molecule has 3 heteroatoms. The molecule has 0 bridgehead atoms. The molecule has 0 spiro atoms. The first-order valence-corrected chi connectivity index (χ1v) is 6.96. The van der Waals surface area contributed by atoms with Crippen LogP contribution in [0.3, 0.4) is 0 Å². The molecule has 1 fully saturated rings. The van der Waals surface area contributed by atoms with Gasteiger partial charge in [0.15, 0.2) is 0 Å².